The number of fused-ring (bicyclic) bond motifs is 3. The van der Waals surface area contributed by atoms with Gasteiger partial charge in [-0.25, -0.2) is 0 Å². The number of phenols is 1. The average Bonchev–Trinajstić information content (AvgIpc) is 2.83. The summed E-state index contributed by atoms with van der Waals surface area (Å²) in [6.07, 6.45) is 3.88. The Bertz CT molecular complexity index is 1260. The molecule has 9 heteroatoms. The number of carbonyl (C=O) groups is 3. The Morgan fingerprint density at radius 1 is 1.14 bits per heavy atom. The van der Waals surface area contributed by atoms with Crippen LogP contribution in [0.1, 0.15) is 56.2 Å². The minimum Gasteiger partial charge on any atom is -0.508 e. The lowest BCUT2D eigenvalue weighted by Gasteiger charge is -2.50. The van der Waals surface area contributed by atoms with E-state index in [0.717, 1.165) is 37.1 Å². The van der Waals surface area contributed by atoms with Gasteiger partial charge in [-0.15, -0.1) is 0 Å². The minimum absolute atomic E-state index is 0.108. The predicted octanol–water partition coefficient (Wildman–Crippen LogP) is 2.29. The first-order valence-corrected chi connectivity index (χ1v) is 13.0. The van der Waals surface area contributed by atoms with Crippen LogP contribution in [0.2, 0.25) is 0 Å². The summed E-state index contributed by atoms with van der Waals surface area (Å²) < 4.78 is 0. The van der Waals surface area contributed by atoms with Crippen LogP contribution >= 0.6 is 0 Å². The number of ketones is 2. The van der Waals surface area contributed by atoms with E-state index in [-0.39, 0.29) is 29.2 Å². The van der Waals surface area contributed by atoms with Crippen molar-refractivity contribution in [1.82, 2.24) is 4.90 Å². The molecular weight excluding hydrogens is 476 g/mol. The predicted molar refractivity (Wildman–Crippen MR) is 134 cm³/mol. The third-order valence-electron chi connectivity index (χ3n) is 8.79. The molecule has 4 atom stereocenters. The van der Waals surface area contributed by atoms with E-state index in [4.69, 9.17) is 5.73 Å². The quantitative estimate of drug-likeness (QED) is 0.386. The van der Waals surface area contributed by atoms with Gasteiger partial charge in [0.1, 0.15) is 22.8 Å². The molecule has 0 unspecified atom stereocenters. The molecule has 1 aliphatic heterocycles. The van der Waals surface area contributed by atoms with Crippen LogP contribution in [-0.4, -0.2) is 61.5 Å². The summed E-state index contributed by atoms with van der Waals surface area (Å²) in [6, 6.07) is 3.34. The molecule has 9 nitrogen and oxygen atoms in total. The van der Waals surface area contributed by atoms with Gasteiger partial charge in [-0.2, -0.15) is 0 Å². The lowest BCUT2D eigenvalue weighted by Crippen LogP contribution is -2.62. The monoisotopic (exact) mass is 510 g/mol. The molecule has 1 aromatic carbocycles. The van der Waals surface area contributed by atoms with Crippen LogP contribution in [0.3, 0.4) is 0 Å². The maximum absolute atomic E-state index is 13.9. The zero-order valence-electron chi connectivity index (χ0n) is 21.2. The second-order valence-corrected chi connectivity index (χ2v) is 11.3. The Morgan fingerprint density at radius 2 is 1.81 bits per heavy atom. The highest BCUT2D eigenvalue weighted by Gasteiger charge is 2.64. The van der Waals surface area contributed by atoms with Crippen LogP contribution in [0.5, 0.6) is 5.75 Å². The van der Waals surface area contributed by atoms with E-state index in [1.54, 1.807) is 13.8 Å². The zero-order valence-corrected chi connectivity index (χ0v) is 21.2. The number of aliphatic hydroxyl groups excluding tert-OH is 2. The molecule has 0 aromatic heterocycles. The average molecular weight is 511 g/mol. The van der Waals surface area contributed by atoms with Crippen molar-refractivity contribution in [3.63, 3.8) is 0 Å². The van der Waals surface area contributed by atoms with E-state index < -0.39 is 57.9 Å². The van der Waals surface area contributed by atoms with Crippen LogP contribution in [-0.2, 0) is 27.3 Å². The standard InChI is InChI=1S/C28H34N2O7/c1-13(2)19-17-11-15-10-16-14(12-30-8-4-3-5-9-30)6-7-18(31)21(16)24(33)20(15)25(34)28(17,37)26(35)22(23(19)32)27(29)36/h6-7,13,15,17,19,31,33,35,37H,3-5,8-12H2,1-2H3,(H2,29,36)/t15-,17-,19-,28-/m0/s1. The second-order valence-electron chi connectivity index (χ2n) is 11.3. The molecule has 0 radical (unpaired) electrons. The third-order valence-corrected chi connectivity index (χ3v) is 8.79. The molecule has 3 aliphatic carbocycles. The van der Waals surface area contributed by atoms with Crippen LogP contribution < -0.4 is 5.73 Å². The topological polar surface area (TPSA) is 161 Å². The van der Waals surface area contributed by atoms with E-state index in [0.29, 0.717) is 13.0 Å². The summed E-state index contributed by atoms with van der Waals surface area (Å²) in [7, 11) is 0. The van der Waals surface area contributed by atoms with Crippen molar-refractivity contribution >= 4 is 23.2 Å². The number of likely N-dealkylation sites (tertiary alicyclic amines) is 1. The number of Topliss-reactive ketones (excluding diaryl/α,β-unsaturated/α-hetero) is 2. The maximum atomic E-state index is 13.9. The van der Waals surface area contributed by atoms with Gasteiger partial charge >= 0.3 is 0 Å². The van der Waals surface area contributed by atoms with E-state index in [2.05, 4.69) is 4.90 Å². The lowest BCUT2D eigenvalue weighted by molar-refractivity contribution is -0.155. The maximum Gasteiger partial charge on any atom is 0.255 e. The highest BCUT2D eigenvalue weighted by Crippen LogP contribution is 2.54. The van der Waals surface area contributed by atoms with Gasteiger partial charge in [0.2, 0.25) is 5.78 Å². The smallest absolute Gasteiger partial charge is 0.255 e. The number of carbonyl (C=O) groups excluding carboxylic acids is 3. The molecule has 2 fully saturated rings. The highest BCUT2D eigenvalue weighted by molar-refractivity contribution is 6.23. The Morgan fingerprint density at radius 3 is 2.43 bits per heavy atom. The van der Waals surface area contributed by atoms with Crippen molar-refractivity contribution in [2.24, 2.45) is 29.4 Å². The fraction of sp³-hybridized carbons (Fsp3) is 0.536. The summed E-state index contributed by atoms with van der Waals surface area (Å²) >= 11 is 0. The largest absolute Gasteiger partial charge is 0.508 e. The van der Waals surface area contributed by atoms with Crippen molar-refractivity contribution in [3.8, 4) is 5.75 Å². The van der Waals surface area contributed by atoms with Crippen LogP contribution in [0.4, 0.5) is 0 Å². The zero-order chi connectivity index (χ0) is 26.8. The number of nitrogens with two attached hydrogens (primary N) is 1. The summed E-state index contributed by atoms with van der Waals surface area (Å²) in [4.78, 5) is 41.5. The summed E-state index contributed by atoms with van der Waals surface area (Å²) in [5, 5.41) is 44.7. The molecule has 1 saturated carbocycles. The molecule has 6 N–H and O–H groups in total. The Balaban J connectivity index is 1.65. The Kier molecular flexibility index (Phi) is 6.19. The molecule has 1 heterocycles. The number of piperidine rings is 1. The van der Waals surface area contributed by atoms with Crippen LogP contribution in [0.15, 0.2) is 29.0 Å². The van der Waals surface area contributed by atoms with E-state index >= 15 is 0 Å². The third kappa shape index (κ3) is 3.70. The molecule has 37 heavy (non-hydrogen) atoms. The molecule has 4 aliphatic rings. The van der Waals surface area contributed by atoms with Crippen molar-refractivity contribution in [3.05, 3.63) is 45.7 Å². The van der Waals surface area contributed by atoms with Crippen LogP contribution in [0.25, 0.3) is 5.76 Å². The fourth-order valence-corrected chi connectivity index (χ4v) is 7.06. The number of rotatable bonds is 4. The number of hydrogen-bond donors (Lipinski definition) is 5. The number of nitrogens with zero attached hydrogens (tertiary/aromatic N) is 1. The van der Waals surface area contributed by atoms with Crippen molar-refractivity contribution in [1.29, 1.82) is 0 Å². The summed E-state index contributed by atoms with van der Waals surface area (Å²) in [6.45, 7) is 6.08. The number of aromatic hydroxyl groups is 1. The van der Waals surface area contributed by atoms with Crippen molar-refractivity contribution in [2.75, 3.05) is 13.1 Å². The number of benzene rings is 1. The number of phenolic OH excluding ortho intramolecular Hbond substituents is 1. The first kappa shape index (κ1) is 25.5. The summed E-state index contributed by atoms with van der Waals surface area (Å²) in [5.41, 5.74) is 3.77. The molecule has 0 bridgehead atoms. The molecule has 1 saturated heterocycles. The van der Waals surface area contributed by atoms with Gasteiger partial charge in [-0.1, -0.05) is 26.3 Å². The number of hydrogen-bond acceptors (Lipinski definition) is 8. The lowest BCUT2D eigenvalue weighted by atomic mass is 9.54. The summed E-state index contributed by atoms with van der Waals surface area (Å²) in [5.74, 6) is -7.35. The van der Waals surface area contributed by atoms with Gasteiger partial charge in [0.05, 0.1) is 5.56 Å². The van der Waals surface area contributed by atoms with Gasteiger partial charge in [0.15, 0.2) is 11.4 Å². The SMILES string of the molecule is CC(C)[C@@H]1C(=O)C(C(N)=O)=C(O)[C@@]2(O)C(=O)C3=C(O)c4c(O)ccc(CN5CCCCC5)c4C[C@H]3C[C@@H]12. The first-order valence-electron chi connectivity index (χ1n) is 13.0. The highest BCUT2D eigenvalue weighted by atomic mass is 16.3. The van der Waals surface area contributed by atoms with E-state index in [9.17, 15) is 34.8 Å². The van der Waals surface area contributed by atoms with Crippen molar-refractivity contribution in [2.45, 2.75) is 58.1 Å². The van der Waals surface area contributed by atoms with Crippen molar-refractivity contribution < 1.29 is 34.8 Å². The molecular formula is C28H34N2O7. The number of amides is 1. The Labute approximate surface area is 215 Å². The van der Waals surface area contributed by atoms with Gasteiger partial charge in [0, 0.05) is 24.0 Å². The van der Waals surface area contributed by atoms with E-state index in [1.807, 2.05) is 6.07 Å². The molecule has 5 rings (SSSR count). The van der Waals surface area contributed by atoms with Gasteiger partial charge in [-0.3, -0.25) is 19.3 Å². The number of aliphatic hydroxyl groups is 3. The molecule has 198 valence electrons. The van der Waals surface area contributed by atoms with E-state index in [1.165, 1.54) is 12.5 Å². The fourth-order valence-electron chi connectivity index (χ4n) is 7.06. The van der Waals surface area contributed by atoms with Crippen LogP contribution in [0, 0.1) is 23.7 Å². The molecule has 1 aromatic rings. The number of primary amides is 1. The van der Waals surface area contributed by atoms with Gasteiger partial charge in [0.25, 0.3) is 5.91 Å². The van der Waals surface area contributed by atoms with Gasteiger partial charge in [-0.05, 0) is 67.8 Å². The molecule has 1 amide bonds. The normalized spacial score (nSPS) is 30.3. The first-order chi connectivity index (χ1) is 17.5. The molecule has 0 spiro atoms. The Hall–Kier alpha value is -3.17. The minimum atomic E-state index is -2.58. The second kappa shape index (κ2) is 8.99. The van der Waals surface area contributed by atoms with Gasteiger partial charge < -0.3 is 26.2 Å².